The minimum Gasteiger partial charge on any atom is -0.339 e. The lowest BCUT2D eigenvalue weighted by atomic mass is 10.1. The van der Waals surface area contributed by atoms with Gasteiger partial charge in [0.2, 0.25) is 11.8 Å². The molecule has 2 aliphatic heterocycles. The van der Waals surface area contributed by atoms with Gasteiger partial charge in [-0.15, -0.1) is 0 Å². The fourth-order valence-electron chi connectivity index (χ4n) is 3.05. The molecule has 0 radical (unpaired) electrons. The van der Waals surface area contributed by atoms with Gasteiger partial charge in [-0.2, -0.15) is 0 Å². The van der Waals surface area contributed by atoms with Crippen LogP contribution in [-0.4, -0.2) is 71.1 Å². The second kappa shape index (κ2) is 6.43. The van der Waals surface area contributed by atoms with Crippen molar-refractivity contribution in [2.45, 2.75) is 13.3 Å². The van der Waals surface area contributed by atoms with Gasteiger partial charge in [0, 0.05) is 32.6 Å². The van der Waals surface area contributed by atoms with Crippen LogP contribution in [0.2, 0.25) is 0 Å². The quantitative estimate of drug-likeness (QED) is 0.750. The third kappa shape index (κ3) is 2.77. The number of amides is 4. The van der Waals surface area contributed by atoms with E-state index in [0.717, 1.165) is 4.90 Å². The molecular formula is C17H19N3O4. The predicted molar refractivity (Wildman–Crippen MR) is 85.3 cm³/mol. The summed E-state index contributed by atoms with van der Waals surface area (Å²) in [4.78, 5) is 53.0. The lowest BCUT2D eigenvalue weighted by Crippen LogP contribution is -2.53. The van der Waals surface area contributed by atoms with Crippen molar-refractivity contribution in [2.75, 3.05) is 32.7 Å². The molecule has 24 heavy (non-hydrogen) atoms. The topological polar surface area (TPSA) is 78.0 Å². The number of piperazine rings is 1. The van der Waals surface area contributed by atoms with E-state index < -0.39 is 11.8 Å². The number of nitrogens with zero attached hydrogens (tertiary/aromatic N) is 3. The summed E-state index contributed by atoms with van der Waals surface area (Å²) in [5.74, 6) is -1.05. The van der Waals surface area contributed by atoms with Crippen molar-refractivity contribution in [3.05, 3.63) is 35.4 Å². The van der Waals surface area contributed by atoms with Gasteiger partial charge in [0.1, 0.15) is 6.54 Å². The Morgan fingerprint density at radius 2 is 1.33 bits per heavy atom. The third-order valence-corrected chi connectivity index (χ3v) is 4.46. The standard InChI is InChI=1S/C17H19N3O4/c1-2-14(21)18-7-9-19(10-8-18)15(22)11-20-16(23)12-5-3-4-6-13(12)17(20)24/h3-6H,2,7-11H2,1H3. The first-order valence-corrected chi connectivity index (χ1v) is 8.03. The predicted octanol–water partition coefficient (Wildman–Crippen LogP) is 0.363. The molecule has 2 heterocycles. The van der Waals surface area contributed by atoms with Gasteiger partial charge in [-0.25, -0.2) is 0 Å². The molecule has 7 nitrogen and oxygen atoms in total. The van der Waals surface area contributed by atoms with E-state index in [0.29, 0.717) is 43.7 Å². The van der Waals surface area contributed by atoms with E-state index in [1.165, 1.54) is 0 Å². The number of carbonyl (C=O) groups excluding carboxylic acids is 4. The van der Waals surface area contributed by atoms with Gasteiger partial charge in [-0.1, -0.05) is 19.1 Å². The second-order valence-corrected chi connectivity index (χ2v) is 5.86. The Kier molecular flexibility index (Phi) is 4.33. The molecule has 0 bridgehead atoms. The van der Waals surface area contributed by atoms with Crippen molar-refractivity contribution in [3.63, 3.8) is 0 Å². The van der Waals surface area contributed by atoms with Crippen LogP contribution in [0.15, 0.2) is 24.3 Å². The maximum absolute atomic E-state index is 12.4. The molecule has 4 amide bonds. The van der Waals surface area contributed by atoms with Crippen LogP contribution in [-0.2, 0) is 9.59 Å². The average Bonchev–Trinajstić information content (AvgIpc) is 2.86. The van der Waals surface area contributed by atoms with E-state index >= 15 is 0 Å². The summed E-state index contributed by atoms with van der Waals surface area (Å²) in [5, 5.41) is 0. The monoisotopic (exact) mass is 329 g/mol. The fraction of sp³-hybridized carbons (Fsp3) is 0.412. The van der Waals surface area contributed by atoms with Gasteiger partial charge in [0.25, 0.3) is 11.8 Å². The van der Waals surface area contributed by atoms with Gasteiger partial charge in [-0.3, -0.25) is 24.1 Å². The summed E-state index contributed by atoms with van der Waals surface area (Å²) in [6, 6.07) is 6.57. The van der Waals surface area contributed by atoms with Gasteiger partial charge >= 0.3 is 0 Å². The number of hydrogen-bond donors (Lipinski definition) is 0. The Morgan fingerprint density at radius 1 is 0.875 bits per heavy atom. The van der Waals surface area contributed by atoms with E-state index in [1.807, 2.05) is 6.92 Å². The van der Waals surface area contributed by atoms with Crippen LogP contribution >= 0.6 is 0 Å². The van der Waals surface area contributed by atoms with Crippen LogP contribution in [0.4, 0.5) is 0 Å². The molecule has 1 fully saturated rings. The van der Waals surface area contributed by atoms with E-state index in [-0.39, 0.29) is 18.4 Å². The molecule has 3 rings (SSSR count). The molecule has 0 unspecified atom stereocenters. The van der Waals surface area contributed by atoms with Crippen LogP contribution in [0.3, 0.4) is 0 Å². The van der Waals surface area contributed by atoms with Gasteiger partial charge in [-0.05, 0) is 12.1 Å². The van der Waals surface area contributed by atoms with Crippen molar-refractivity contribution < 1.29 is 19.2 Å². The van der Waals surface area contributed by atoms with Gasteiger partial charge < -0.3 is 9.80 Å². The highest BCUT2D eigenvalue weighted by molar-refractivity contribution is 6.22. The van der Waals surface area contributed by atoms with Crippen molar-refractivity contribution in [1.29, 1.82) is 0 Å². The number of rotatable bonds is 3. The minimum absolute atomic E-state index is 0.0717. The Labute approximate surface area is 139 Å². The van der Waals surface area contributed by atoms with Crippen LogP contribution in [0.1, 0.15) is 34.1 Å². The lowest BCUT2D eigenvalue weighted by Gasteiger charge is -2.35. The maximum Gasteiger partial charge on any atom is 0.262 e. The molecular weight excluding hydrogens is 310 g/mol. The zero-order valence-corrected chi connectivity index (χ0v) is 13.5. The van der Waals surface area contributed by atoms with Gasteiger partial charge in [0.15, 0.2) is 0 Å². The molecule has 0 spiro atoms. The number of carbonyl (C=O) groups is 4. The number of benzene rings is 1. The van der Waals surface area contributed by atoms with E-state index in [4.69, 9.17) is 0 Å². The van der Waals surface area contributed by atoms with Crippen LogP contribution < -0.4 is 0 Å². The Hall–Kier alpha value is -2.70. The van der Waals surface area contributed by atoms with Crippen LogP contribution in [0.5, 0.6) is 0 Å². The highest BCUT2D eigenvalue weighted by Crippen LogP contribution is 2.22. The van der Waals surface area contributed by atoms with Crippen LogP contribution in [0, 0.1) is 0 Å². The van der Waals surface area contributed by atoms with E-state index in [1.54, 1.807) is 34.1 Å². The maximum atomic E-state index is 12.4. The zero-order valence-electron chi connectivity index (χ0n) is 13.5. The van der Waals surface area contributed by atoms with E-state index in [9.17, 15) is 19.2 Å². The van der Waals surface area contributed by atoms with Crippen molar-refractivity contribution >= 4 is 23.6 Å². The first-order valence-electron chi connectivity index (χ1n) is 8.03. The van der Waals surface area contributed by atoms with Crippen LogP contribution in [0.25, 0.3) is 0 Å². The molecule has 1 aromatic rings. The lowest BCUT2D eigenvalue weighted by molar-refractivity contribution is -0.139. The molecule has 0 saturated carbocycles. The number of imide groups is 1. The highest BCUT2D eigenvalue weighted by atomic mass is 16.2. The molecule has 2 aliphatic rings. The summed E-state index contributed by atoms with van der Waals surface area (Å²) in [6.07, 6.45) is 0.447. The van der Waals surface area contributed by atoms with Crippen molar-refractivity contribution in [1.82, 2.24) is 14.7 Å². The molecule has 0 N–H and O–H groups in total. The summed E-state index contributed by atoms with van der Waals surface area (Å²) in [7, 11) is 0. The smallest absolute Gasteiger partial charge is 0.262 e. The summed E-state index contributed by atoms with van der Waals surface area (Å²) >= 11 is 0. The van der Waals surface area contributed by atoms with Crippen molar-refractivity contribution in [2.24, 2.45) is 0 Å². The number of hydrogen-bond acceptors (Lipinski definition) is 4. The number of fused-ring (bicyclic) bond motifs is 1. The Balaban J connectivity index is 1.62. The molecule has 1 aromatic carbocycles. The largest absolute Gasteiger partial charge is 0.339 e. The molecule has 126 valence electrons. The summed E-state index contributed by atoms with van der Waals surface area (Å²) < 4.78 is 0. The molecule has 0 aliphatic carbocycles. The molecule has 7 heteroatoms. The van der Waals surface area contributed by atoms with E-state index in [2.05, 4.69) is 0 Å². The first kappa shape index (κ1) is 16.2. The fourth-order valence-corrected chi connectivity index (χ4v) is 3.05. The third-order valence-electron chi connectivity index (χ3n) is 4.46. The molecule has 0 aromatic heterocycles. The molecule has 0 atom stereocenters. The normalized spacial score (nSPS) is 17.3. The Morgan fingerprint density at radius 3 is 1.79 bits per heavy atom. The zero-order chi connectivity index (χ0) is 17.3. The summed E-state index contributed by atoms with van der Waals surface area (Å²) in [5.41, 5.74) is 0.683. The average molecular weight is 329 g/mol. The second-order valence-electron chi connectivity index (χ2n) is 5.86. The highest BCUT2D eigenvalue weighted by Gasteiger charge is 2.37. The first-order chi connectivity index (χ1) is 11.5. The molecule has 1 saturated heterocycles. The summed E-state index contributed by atoms with van der Waals surface area (Å²) in [6.45, 7) is 3.37. The minimum atomic E-state index is -0.427. The Bertz CT molecular complexity index is 673. The van der Waals surface area contributed by atoms with Gasteiger partial charge in [0.05, 0.1) is 11.1 Å². The SMILES string of the molecule is CCC(=O)N1CCN(C(=O)CN2C(=O)c3ccccc3C2=O)CC1. The van der Waals surface area contributed by atoms with Crippen molar-refractivity contribution in [3.8, 4) is 0 Å².